The lowest BCUT2D eigenvalue weighted by atomic mass is 10.3. The van der Waals surface area contributed by atoms with Crippen LogP contribution in [0, 0.1) is 0 Å². The Hall–Kier alpha value is 0.270. The van der Waals surface area contributed by atoms with Gasteiger partial charge >= 0.3 is 0 Å². The minimum atomic E-state index is 0.0386. The Balaban J connectivity index is 2.11. The molecule has 54 valence electrons. The molecule has 0 aromatic heterocycles. The van der Waals surface area contributed by atoms with Gasteiger partial charge in [-0.25, -0.2) is 0 Å². The Morgan fingerprint density at radius 2 is 2.56 bits per heavy atom. The van der Waals surface area contributed by atoms with Crippen LogP contribution in [0.15, 0.2) is 0 Å². The van der Waals surface area contributed by atoms with Crippen LogP contribution in [0.4, 0.5) is 0 Å². The summed E-state index contributed by atoms with van der Waals surface area (Å²) in [5.74, 6) is 0. The fraction of sp³-hybridized carbons (Fsp3) is 1.00. The Labute approximate surface area is 60.9 Å². The third-order valence-electron chi connectivity index (χ3n) is 1.28. The fourth-order valence-electron chi connectivity index (χ4n) is 0.899. The second-order valence-corrected chi connectivity index (χ2v) is 2.95. The molecule has 1 saturated heterocycles. The second-order valence-electron chi connectivity index (χ2n) is 2.22. The highest BCUT2D eigenvalue weighted by Gasteiger charge is 2.16. The maximum absolute atomic E-state index is 5.35. The minimum Gasteiger partial charge on any atom is -0.379 e. The van der Waals surface area contributed by atoms with E-state index in [-0.39, 0.29) is 11.5 Å². The van der Waals surface area contributed by atoms with Crippen molar-refractivity contribution in [1.29, 1.82) is 0 Å². The highest BCUT2D eigenvalue weighted by molar-refractivity contribution is 7.80. The van der Waals surface area contributed by atoms with Crippen LogP contribution in [0.2, 0.25) is 0 Å². The predicted molar refractivity (Wildman–Crippen MR) is 38.8 cm³/mol. The molecule has 2 unspecified atom stereocenters. The van der Waals surface area contributed by atoms with Gasteiger partial charge in [-0.1, -0.05) is 0 Å². The van der Waals surface area contributed by atoms with Gasteiger partial charge in [0.05, 0.1) is 18.1 Å². The van der Waals surface area contributed by atoms with E-state index in [1.165, 1.54) is 0 Å². The highest BCUT2D eigenvalue weighted by Crippen LogP contribution is 2.11. The van der Waals surface area contributed by atoms with Gasteiger partial charge in [-0.15, -0.1) is 12.6 Å². The van der Waals surface area contributed by atoms with Gasteiger partial charge < -0.3 is 9.47 Å². The minimum absolute atomic E-state index is 0.0386. The van der Waals surface area contributed by atoms with E-state index in [9.17, 15) is 0 Å². The van der Waals surface area contributed by atoms with Crippen LogP contribution in [0.25, 0.3) is 0 Å². The summed E-state index contributed by atoms with van der Waals surface area (Å²) in [6, 6.07) is 0. The van der Waals surface area contributed by atoms with Crippen molar-refractivity contribution in [2.75, 3.05) is 13.2 Å². The molecule has 1 fully saturated rings. The summed E-state index contributed by atoms with van der Waals surface area (Å²) in [5, 5.41) is 0. The van der Waals surface area contributed by atoms with Crippen LogP contribution in [0.3, 0.4) is 0 Å². The van der Waals surface area contributed by atoms with Crippen LogP contribution in [-0.2, 0) is 9.47 Å². The van der Waals surface area contributed by atoms with Gasteiger partial charge in [0.15, 0.2) is 0 Å². The fourth-order valence-corrected chi connectivity index (χ4v) is 1.07. The third kappa shape index (κ3) is 2.56. The largest absolute Gasteiger partial charge is 0.379 e. The standard InChI is InChI=1S/C6H12O2S/c1-5(9)8-6-2-3-7-4-6/h5-6,9H,2-4H2,1H3. The van der Waals surface area contributed by atoms with Crippen molar-refractivity contribution in [3.8, 4) is 0 Å². The summed E-state index contributed by atoms with van der Waals surface area (Å²) < 4.78 is 10.4. The molecule has 9 heavy (non-hydrogen) atoms. The van der Waals surface area contributed by atoms with Crippen molar-refractivity contribution < 1.29 is 9.47 Å². The molecular weight excluding hydrogens is 136 g/mol. The van der Waals surface area contributed by atoms with Crippen molar-refractivity contribution in [3.05, 3.63) is 0 Å². The van der Waals surface area contributed by atoms with E-state index < -0.39 is 0 Å². The molecule has 2 atom stereocenters. The van der Waals surface area contributed by atoms with Gasteiger partial charge in [0.2, 0.25) is 0 Å². The van der Waals surface area contributed by atoms with E-state index in [1.807, 2.05) is 6.92 Å². The number of hydrogen-bond acceptors (Lipinski definition) is 3. The Bertz CT molecular complexity index is 79.1. The van der Waals surface area contributed by atoms with Crippen molar-refractivity contribution in [1.82, 2.24) is 0 Å². The first-order chi connectivity index (χ1) is 4.29. The van der Waals surface area contributed by atoms with Crippen LogP contribution in [-0.4, -0.2) is 24.8 Å². The zero-order valence-electron chi connectivity index (χ0n) is 5.54. The molecule has 1 aliphatic heterocycles. The molecule has 1 heterocycles. The normalized spacial score (nSPS) is 30.7. The first-order valence-electron chi connectivity index (χ1n) is 3.20. The number of rotatable bonds is 2. The lowest BCUT2D eigenvalue weighted by Gasteiger charge is -2.11. The van der Waals surface area contributed by atoms with Crippen molar-refractivity contribution in [2.45, 2.75) is 24.9 Å². The molecule has 0 aromatic rings. The molecule has 1 aliphatic rings. The maximum Gasteiger partial charge on any atom is 0.0976 e. The summed E-state index contributed by atoms with van der Waals surface area (Å²) in [5.41, 5.74) is 0.0386. The molecule has 0 saturated carbocycles. The van der Waals surface area contributed by atoms with Gasteiger partial charge in [-0.3, -0.25) is 0 Å². The lowest BCUT2D eigenvalue weighted by molar-refractivity contribution is 0.0356. The summed E-state index contributed by atoms with van der Waals surface area (Å²) in [6.07, 6.45) is 1.31. The molecule has 0 aromatic carbocycles. The maximum atomic E-state index is 5.35. The van der Waals surface area contributed by atoms with E-state index in [0.29, 0.717) is 0 Å². The summed E-state index contributed by atoms with van der Waals surface area (Å²) in [6.45, 7) is 3.50. The molecule has 3 heteroatoms. The molecule has 0 spiro atoms. The molecule has 2 nitrogen and oxygen atoms in total. The van der Waals surface area contributed by atoms with Gasteiger partial charge in [-0.05, 0) is 13.3 Å². The Morgan fingerprint density at radius 3 is 3.00 bits per heavy atom. The first-order valence-corrected chi connectivity index (χ1v) is 3.72. The van der Waals surface area contributed by atoms with Crippen molar-refractivity contribution in [3.63, 3.8) is 0 Å². The average molecular weight is 148 g/mol. The second kappa shape index (κ2) is 3.44. The van der Waals surface area contributed by atoms with Crippen LogP contribution in [0.1, 0.15) is 13.3 Å². The smallest absolute Gasteiger partial charge is 0.0976 e. The molecule has 0 amide bonds. The Kier molecular flexibility index (Phi) is 2.82. The molecule has 0 bridgehead atoms. The van der Waals surface area contributed by atoms with Gasteiger partial charge in [0, 0.05) is 6.61 Å². The lowest BCUT2D eigenvalue weighted by Crippen LogP contribution is -2.15. The van der Waals surface area contributed by atoms with Gasteiger partial charge in [-0.2, -0.15) is 0 Å². The van der Waals surface area contributed by atoms with Crippen molar-refractivity contribution in [2.24, 2.45) is 0 Å². The zero-order chi connectivity index (χ0) is 6.69. The van der Waals surface area contributed by atoms with Crippen LogP contribution < -0.4 is 0 Å². The number of hydrogen-bond donors (Lipinski definition) is 1. The molecular formula is C6H12O2S. The first kappa shape index (κ1) is 7.38. The summed E-state index contributed by atoms with van der Waals surface area (Å²) >= 11 is 4.10. The van der Waals surface area contributed by atoms with E-state index in [1.54, 1.807) is 0 Å². The van der Waals surface area contributed by atoms with Crippen molar-refractivity contribution >= 4 is 12.6 Å². The van der Waals surface area contributed by atoms with Gasteiger partial charge in [0.1, 0.15) is 0 Å². The van der Waals surface area contributed by atoms with Gasteiger partial charge in [0.25, 0.3) is 0 Å². The van der Waals surface area contributed by atoms with E-state index in [4.69, 9.17) is 9.47 Å². The average Bonchev–Trinajstić information content (AvgIpc) is 2.15. The molecule has 0 aliphatic carbocycles. The van der Waals surface area contributed by atoms with Crippen LogP contribution >= 0.6 is 12.6 Å². The topological polar surface area (TPSA) is 18.5 Å². The SMILES string of the molecule is CC(S)OC1CCOC1. The molecule has 0 N–H and O–H groups in total. The number of ether oxygens (including phenoxy) is 2. The predicted octanol–water partition coefficient (Wildman–Crippen LogP) is 1.07. The quantitative estimate of drug-likeness (QED) is 0.466. The van der Waals surface area contributed by atoms with E-state index in [2.05, 4.69) is 12.6 Å². The monoisotopic (exact) mass is 148 g/mol. The Morgan fingerprint density at radius 1 is 1.78 bits per heavy atom. The van der Waals surface area contributed by atoms with E-state index >= 15 is 0 Å². The molecule has 1 rings (SSSR count). The third-order valence-corrected chi connectivity index (χ3v) is 1.40. The van der Waals surface area contributed by atoms with E-state index in [0.717, 1.165) is 19.6 Å². The molecule has 0 radical (unpaired) electrons. The highest BCUT2D eigenvalue weighted by atomic mass is 32.1. The number of thiol groups is 1. The van der Waals surface area contributed by atoms with Crippen LogP contribution in [0.5, 0.6) is 0 Å². The zero-order valence-corrected chi connectivity index (χ0v) is 6.43. The summed E-state index contributed by atoms with van der Waals surface area (Å²) in [4.78, 5) is 0. The summed E-state index contributed by atoms with van der Waals surface area (Å²) in [7, 11) is 0.